The molecule has 74 valence electrons. The highest BCUT2D eigenvalue weighted by Gasteiger charge is 2.30. The van der Waals surface area contributed by atoms with E-state index in [-0.39, 0.29) is 0 Å². The summed E-state index contributed by atoms with van der Waals surface area (Å²) in [5.41, 5.74) is 0. The van der Waals surface area contributed by atoms with E-state index < -0.39 is 0 Å². The molecule has 0 aromatic rings. The molecule has 1 aliphatic heterocycles. The molecule has 0 aromatic heterocycles. The van der Waals surface area contributed by atoms with Gasteiger partial charge in [0.05, 0.1) is 0 Å². The van der Waals surface area contributed by atoms with Gasteiger partial charge in [-0.2, -0.15) is 0 Å². The van der Waals surface area contributed by atoms with Gasteiger partial charge in [-0.1, -0.05) is 0 Å². The lowest BCUT2D eigenvalue weighted by Crippen LogP contribution is -2.34. The lowest BCUT2D eigenvalue weighted by Gasteiger charge is -2.18. The molecule has 1 aliphatic carbocycles. The fourth-order valence-electron chi connectivity index (χ4n) is 1.95. The number of amides is 1. The van der Waals surface area contributed by atoms with Crippen molar-refractivity contribution in [1.82, 2.24) is 10.2 Å². The second-order valence-electron chi connectivity index (χ2n) is 4.23. The minimum Gasteiger partial charge on any atom is -0.343 e. The number of nitrogens with zero attached hydrogens (tertiary/aromatic N) is 1. The molecule has 1 heterocycles. The molecular weight excluding hydrogens is 164 g/mol. The van der Waals surface area contributed by atoms with Crippen LogP contribution in [0.1, 0.15) is 32.1 Å². The van der Waals surface area contributed by atoms with Crippen molar-refractivity contribution in [2.45, 2.75) is 44.2 Å². The van der Waals surface area contributed by atoms with Gasteiger partial charge in [-0.25, -0.2) is 0 Å². The minimum absolute atomic E-state index is 0.321. The third kappa shape index (κ3) is 2.21. The first-order valence-corrected chi connectivity index (χ1v) is 5.26. The molecule has 1 amide bonds. The predicted molar refractivity (Wildman–Crippen MR) is 51.4 cm³/mol. The van der Waals surface area contributed by atoms with Crippen LogP contribution in [0, 0.1) is 0 Å². The first-order chi connectivity index (χ1) is 6.27. The number of rotatable bonds is 3. The van der Waals surface area contributed by atoms with Crippen molar-refractivity contribution >= 4 is 5.91 Å². The number of nitrogens with one attached hydrogen (secondary N) is 1. The molecule has 1 N–H and O–H groups in total. The predicted octanol–water partition coefficient (Wildman–Crippen LogP) is 0.749. The molecule has 0 bridgehead atoms. The fraction of sp³-hybridized carbons (Fsp3) is 0.900. The van der Waals surface area contributed by atoms with E-state index in [1.54, 1.807) is 0 Å². The summed E-state index contributed by atoms with van der Waals surface area (Å²) in [4.78, 5) is 13.6. The van der Waals surface area contributed by atoms with Crippen molar-refractivity contribution in [3.63, 3.8) is 0 Å². The largest absolute Gasteiger partial charge is 0.343 e. The molecule has 1 saturated heterocycles. The molecule has 13 heavy (non-hydrogen) atoms. The van der Waals surface area contributed by atoms with Crippen LogP contribution in [0.2, 0.25) is 0 Å². The van der Waals surface area contributed by atoms with E-state index in [1.807, 2.05) is 11.9 Å². The minimum atomic E-state index is 0.321. The highest BCUT2D eigenvalue weighted by atomic mass is 16.2. The van der Waals surface area contributed by atoms with Gasteiger partial charge in [-0.15, -0.1) is 0 Å². The first kappa shape index (κ1) is 9.00. The standard InChI is InChI=1S/C10H18N2O/c1-12(9-4-5-9)10(13)7-8-3-2-6-11-8/h8-9,11H,2-7H2,1H3. The maximum absolute atomic E-state index is 11.7. The number of hydrogen-bond acceptors (Lipinski definition) is 2. The van der Waals surface area contributed by atoms with Crippen molar-refractivity contribution in [3.05, 3.63) is 0 Å². The Labute approximate surface area is 79.5 Å². The Kier molecular flexibility index (Phi) is 2.54. The summed E-state index contributed by atoms with van der Waals surface area (Å²) in [7, 11) is 1.94. The van der Waals surface area contributed by atoms with Crippen LogP contribution in [-0.2, 0) is 4.79 Å². The SMILES string of the molecule is CN(C(=O)CC1CCCN1)C1CC1. The van der Waals surface area contributed by atoms with Crippen LogP contribution in [-0.4, -0.2) is 36.5 Å². The lowest BCUT2D eigenvalue weighted by atomic mass is 10.1. The highest BCUT2D eigenvalue weighted by molar-refractivity contribution is 5.77. The Morgan fingerprint density at radius 1 is 1.46 bits per heavy atom. The van der Waals surface area contributed by atoms with E-state index in [0.29, 0.717) is 24.4 Å². The molecule has 3 heteroatoms. The smallest absolute Gasteiger partial charge is 0.224 e. The summed E-state index contributed by atoms with van der Waals surface area (Å²) in [6.45, 7) is 1.09. The lowest BCUT2D eigenvalue weighted by molar-refractivity contribution is -0.130. The van der Waals surface area contributed by atoms with Gasteiger partial charge < -0.3 is 10.2 Å². The fourth-order valence-corrected chi connectivity index (χ4v) is 1.95. The maximum Gasteiger partial charge on any atom is 0.224 e. The molecule has 0 radical (unpaired) electrons. The van der Waals surface area contributed by atoms with Crippen LogP contribution in [0.15, 0.2) is 0 Å². The summed E-state index contributed by atoms with van der Waals surface area (Å²) < 4.78 is 0. The quantitative estimate of drug-likeness (QED) is 0.698. The maximum atomic E-state index is 11.7. The Morgan fingerprint density at radius 2 is 2.23 bits per heavy atom. The summed E-state index contributed by atoms with van der Waals surface area (Å²) >= 11 is 0. The molecule has 0 aromatic carbocycles. The van der Waals surface area contributed by atoms with E-state index in [0.717, 1.165) is 6.54 Å². The summed E-state index contributed by atoms with van der Waals surface area (Å²) in [5.74, 6) is 0.321. The number of carbonyl (C=O) groups is 1. The molecular formula is C10H18N2O. The van der Waals surface area contributed by atoms with Gasteiger partial charge in [0.25, 0.3) is 0 Å². The molecule has 1 saturated carbocycles. The van der Waals surface area contributed by atoms with Crippen LogP contribution < -0.4 is 5.32 Å². The Morgan fingerprint density at radius 3 is 2.77 bits per heavy atom. The van der Waals surface area contributed by atoms with Gasteiger partial charge in [-0.3, -0.25) is 4.79 Å². The van der Waals surface area contributed by atoms with Gasteiger partial charge in [0, 0.05) is 25.6 Å². The zero-order chi connectivity index (χ0) is 9.26. The van der Waals surface area contributed by atoms with Crippen molar-refractivity contribution in [3.8, 4) is 0 Å². The topological polar surface area (TPSA) is 32.3 Å². The Balaban J connectivity index is 1.76. The average Bonchev–Trinajstić information content (AvgIpc) is 2.85. The highest BCUT2D eigenvalue weighted by Crippen LogP contribution is 2.26. The van der Waals surface area contributed by atoms with E-state index in [4.69, 9.17) is 0 Å². The summed E-state index contributed by atoms with van der Waals surface area (Å²) in [6.07, 6.45) is 5.52. The summed E-state index contributed by atoms with van der Waals surface area (Å²) in [5, 5.41) is 3.35. The molecule has 1 unspecified atom stereocenters. The van der Waals surface area contributed by atoms with Crippen LogP contribution >= 0.6 is 0 Å². The summed E-state index contributed by atoms with van der Waals surface area (Å²) in [6, 6.07) is 1.02. The third-order valence-electron chi connectivity index (χ3n) is 3.07. The van der Waals surface area contributed by atoms with Crippen LogP contribution in [0.25, 0.3) is 0 Å². The molecule has 2 rings (SSSR count). The van der Waals surface area contributed by atoms with Crippen LogP contribution in [0.4, 0.5) is 0 Å². The Bertz CT molecular complexity index is 195. The first-order valence-electron chi connectivity index (χ1n) is 5.26. The third-order valence-corrected chi connectivity index (χ3v) is 3.07. The second kappa shape index (κ2) is 3.66. The second-order valence-corrected chi connectivity index (χ2v) is 4.23. The normalized spacial score (nSPS) is 27.6. The van der Waals surface area contributed by atoms with Gasteiger partial charge in [0.2, 0.25) is 5.91 Å². The van der Waals surface area contributed by atoms with E-state index in [1.165, 1.54) is 25.7 Å². The van der Waals surface area contributed by atoms with E-state index >= 15 is 0 Å². The molecule has 3 nitrogen and oxygen atoms in total. The van der Waals surface area contributed by atoms with Crippen molar-refractivity contribution in [1.29, 1.82) is 0 Å². The monoisotopic (exact) mass is 182 g/mol. The van der Waals surface area contributed by atoms with Crippen molar-refractivity contribution < 1.29 is 4.79 Å². The zero-order valence-corrected chi connectivity index (χ0v) is 8.25. The van der Waals surface area contributed by atoms with Gasteiger partial charge in [0.15, 0.2) is 0 Å². The average molecular weight is 182 g/mol. The molecule has 1 atom stereocenters. The number of carbonyl (C=O) groups excluding carboxylic acids is 1. The van der Waals surface area contributed by atoms with Gasteiger partial charge in [0.1, 0.15) is 0 Å². The number of hydrogen-bond donors (Lipinski definition) is 1. The molecule has 2 aliphatic rings. The molecule has 2 fully saturated rings. The van der Waals surface area contributed by atoms with Crippen LogP contribution in [0.5, 0.6) is 0 Å². The molecule has 0 spiro atoms. The van der Waals surface area contributed by atoms with E-state index in [2.05, 4.69) is 5.32 Å². The van der Waals surface area contributed by atoms with Gasteiger partial charge >= 0.3 is 0 Å². The van der Waals surface area contributed by atoms with Gasteiger partial charge in [-0.05, 0) is 32.2 Å². The Hall–Kier alpha value is -0.570. The van der Waals surface area contributed by atoms with Crippen molar-refractivity contribution in [2.75, 3.05) is 13.6 Å². The zero-order valence-electron chi connectivity index (χ0n) is 8.25. The van der Waals surface area contributed by atoms with Crippen molar-refractivity contribution in [2.24, 2.45) is 0 Å². The van der Waals surface area contributed by atoms with E-state index in [9.17, 15) is 4.79 Å². The van der Waals surface area contributed by atoms with Crippen LogP contribution in [0.3, 0.4) is 0 Å².